The number of thiazole rings is 1. The standard InChI is InChI=1S/C14H17N3OS/c1-3-4-12-13(10-18)19-14(16-12)17(2)9-11-5-7-15-8-6-11/h5-8,10H,3-4,9H2,1-2H3. The second-order valence-corrected chi connectivity index (χ2v) is 5.40. The van der Waals surface area contributed by atoms with Gasteiger partial charge in [-0.1, -0.05) is 24.7 Å². The first-order chi connectivity index (χ1) is 9.24. The van der Waals surface area contributed by atoms with E-state index in [1.54, 1.807) is 12.4 Å². The lowest BCUT2D eigenvalue weighted by molar-refractivity contribution is 0.112. The molecule has 0 aliphatic heterocycles. The van der Waals surface area contributed by atoms with Gasteiger partial charge in [0.2, 0.25) is 0 Å². The van der Waals surface area contributed by atoms with Gasteiger partial charge in [-0.2, -0.15) is 0 Å². The van der Waals surface area contributed by atoms with Crippen molar-refractivity contribution >= 4 is 22.8 Å². The lowest BCUT2D eigenvalue weighted by Gasteiger charge is -2.15. The van der Waals surface area contributed by atoms with E-state index in [1.807, 2.05) is 19.2 Å². The molecule has 5 heteroatoms. The summed E-state index contributed by atoms with van der Waals surface area (Å²) >= 11 is 1.46. The smallest absolute Gasteiger partial charge is 0.186 e. The normalized spacial score (nSPS) is 10.4. The van der Waals surface area contributed by atoms with E-state index < -0.39 is 0 Å². The Labute approximate surface area is 117 Å². The third-order valence-electron chi connectivity index (χ3n) is 2.81. The van der Waals surface area contributed by atoms with Crippen molar-refractivity contribution in [3.63, 3.8) is 0 Å². The molecule has 19 heavy (non-hydrogen) atoms. The summed E-state index contributed by atoms with van der Waals surface area (Å²) in [6.45, 7) is 2.86. The highest BCUT2D eigenvalue weighted by Gasteiger charge is 2.13. The molecule has 4 nitrogen and oxygen atoms in total. The third kappa shape index (κ3) is 3.38. The predicted molar refractivity (Wildman–Crippen MR) is 77.8 cm³/mol. The molecule has 0 atom stereocenters. The summed E-state index contributed by atoms with van der Waals surface area (Å²) in [5.41, 5.74) is 2.09. The largest absolute Gasteiger partial charge is 0.347 e. The average molecular weight is 275 g/mol. The monoisotopic (exact) mass is 275 g/mol. The van der Waals surface area contributed by atoms with Crippen LogP contribution >= 0.6 is 11.3 Å². The molecule has 0 aromatic carbocycles. The third-order valence-corrected chi connectivity index (χ3v) is 3.94. The number of aryl methyl sites for hydroxylation is 1. The van der Waals surface area contributed by atoms with Crippen molar-refractivity contribution in [3.8, 4) is 0 Å². The highest BCUT2D eigenvalue weighted by Crippen LogP contribution is 2.26. The lowest BCUT2D eigenvalue weighted by atomic mass is 10.2. The van der Waals surface area contributed by atoms with Gasteiger partial charge in [-0.15, -0.1) is 0 Å². The van der Waals surface area contributed by atoms with E-state index in [4.69, 9.17) is 0 Å². The summed E-state index contributed by atoms with van der Waals surface area (Å²) in [5.74, 6) is 0. The Hall–Kier alpha value is -1.75. The number of hydrogen-bond acceptors (Lipinski definition) is 5. The number of pyridine rings is 1. The number of carbonyl (C=O) groups excluding carboxylic acids is 1. The van der Waals surface area contributed by atoms with Crippen molar-refractivity contribution in [2.24, 2.45) is 0 Å². The molecule has 2 rings (SSSR count). The van der Waals surface area contributed by atoms with Gasteiger partial charge in [-0.3, -0.25) is 9.78 Å². The lowest BCUT2D eigenvalue weighted by Crippen LogP contribution is -2.16. The van der Waals surface area contributed by atoms with Gasteiger partial charge in [0.05, 0.1) is 10.6 Å². The summed E-state index contributed by atoms with van der Waals surface area (Å²) in [6.07, 6.45) is 6.33. The maximum atomic E-state index is 11.0. The van der Waals surface area contributed by atoms with E-state index in [2.05, 4.69) is 21.8 Å². The van der Waals surface area contributed by atoms with Crippen LogP contribution in [-0.2, 0) is 13.0 Å². The van der Waals surface area contributed by atoms with Crippen LogP contribution in [-0.4, -0.2) is 23.3 Å². The summed E-state index contributed by atoms with van der Waals surface area (Å²) < 4.78 is 0. The Morgan fingerprint density at radius 3 is 2.74 bits per heavy atom. The number of nitrogens with zero attached hydrogens (tertiary/aromatic N) is 3. The van der Waals surface area contributed by atoms with Crippen LogP contribution in [0.5, 0.6) is 0 Å². The molecule has 0 saturated carbocycles. The zero-order chi connectivity index (χ0) is 13.7. The van der Waals surface area contributed by atoms with Crippen LogP contribution in [0.15, 0.2) is 24.5 Å². The quantitative estimate of drug-likeness (QED) is 0.760. The van der Waals surface area contributed by atoms with E-state index in [1.165, 1.54) is 16.9 Å². The van der Waals surface area contributed by atoms with Crippen molar-refractivity contribution in [1.82, 2.24) is 9.97 Å². The zero-order valence-electron chi connectivity index (χ0n) is 11.2. The summed E-state index contributed by atoms with van der Waals surface area (Å²) in [7, 11) is 1.99. The van der Waals surface area contributed by atoms with E-state index in [0.29, 0.717) is 0 Å². The van der Waals surface area contributed by atoms with Crippen LogP contribution in [0.25, 0.3) is 0 Å². The summed E-state index contributed by atoms with van der Waals surface area (Å²) in [5, 5.41) is 0.891. The zero-order valence-corrected chi connectivity index (χ0v) is 12.0. The topological polar surface area (TPSA) is 46.1 Å². The second kappa shape index (κ2) is 6.43. The maximum Gasteiger partial charge on any atom is 0.186 e. The Morgan fingerprint density at radius 2 is 2.11 bits per heavy atom. The fourth-order valence-electron chi connectivity index (χ4n) is 1.85. The molecular weight excluding hydrogens is 258 g/mol. The summed E-state index contributed by atoms with van der Waals surface area (Å²) in [4.78, 5) is 22.4. The van der Waals surface area contributed by atoms with Crippen molar-refractivity contribution in [2.45, 2.75) is 26.3 Å². The van der Waals surface area contributed by atoms with E-state index in [9.17, 15) is 4.79 Å². The Morgan fingerprint density at radius 1 is 1.37 bits per heavy atom. The molecule has 0 amide bonds. The van der Waals surface area contributed by atoms with E-state index in [0.717, 1.165) is 41.4 Å². The van der Waals surface area contributed by atoms with Crippen molar-refractivity contribution < 1.29 is 4.79 Å². The molecule has 0 fully saturated rings. The van der Waals surface area contributed by atoms with Crippen LogP contribution in [0, 0.1) is 0 Å². The molecule has 0 unspecified atom stereocenters. The highest BCUT2D eigenvalue weighted by molar-refractivity contribution is 7.17. The molecule has 100 valence electrons. The fraction of sp³-hybridized carbons (Fsp3) is 0.357. The first-order valence-corrected chi connectivity index (χ1v) is 7.11. The van der Waals surface area contributed by atoms with Crippen molar-refractivity contribution in [2.75, 3.05) is 11.9 Å². The minimum absolute atomic E-state index is 0.749. The van der Waals surface area contributed by atoms with Crippen molar-refractivity contribution in [1.29, 1.82) is 0 Å². The minimum Gasteiger partial charge on any atom is -0.347 e. The molecule has 0 radical (unpaired) electrons. The fourth-order valence-corrected chi connectivity index (χ4v) is 2.74. The van der Waals surface area contributed by atoms with Gasteiger partial charge in [0.1, 0.15) is 0 Å². The Bertz CT molecular complexity index is 539. The van der Waals surface area contributed by atoms with Gasteiger partial charge in [0.25, 0.3) is 0 Å². The number of aldehydes is 1. The molecule has 2 aromatic rings. The number of carbonyl (C=O) groups is 1. The molecule has 0 saturated heterocycles. The molecule has 0 bridgehead atoms. The van der Waals surface area contributed by atoms with E-state index in [-0.39, 0.29) is 0 Å². The van der Waals surface area contributed by atoms with Gasteiger partial charge in [-0.25, -0.2) is 4.98 Å². The number of rotatable bonds is 6. The molecule has 0 aliphatic rings. The predicted octanol–water partition coefficient (Wildman–Crippen LogP) is 2.94. The van der Waals surface area contributed by atoms with Crippen LogP contribution in [0.2, 0.25) is 0 Å². The molecule has 0 N–H and O–H groups in total. The van der Waals surface area contributed by atoms with Crippen molar-refractivity contribution in [3.05, 3.63) is 40.7 Å². The minimum atomic E-state index is 0.749. The molecule has 2 heterocycles. The van der Waals surface area contributed by atoms with Gasteiger partial charge in [-0.05, 0) is 24.1 Å². The first kappa shape index (κ1) is 13.7. The summed E-state index contributed by atoms with van der Waals surface area (Å²) in [6, 6.07) is 3.97. The highest BCUT2D eigenvalue weighted by atomic mass is 32.1. The van der Waals surface area contributed by atoms with Gasteiger partial charge < -0.3 is 4.90 Å². The van der Waals surface area contributed by atoms with Crippen LogP contribution in [0.1, 0.15) is 34.3 Å². The SMILES string of the molecule is CCCc1nc(N(C)Cc2ccncc2)sc1C=O. The maximum absolute atomic E-state index is 11.0. The van der Waals surface area contributed by atoms with Gasteiger partial charge in [0, 0.05) is 26.0 Å². The average Bonchev–Trinajstić information content (AvgIpc) is 2.83. The Balaban J connectivity index is 2.15. The van der Waals surface area contributed by atoms with Gasteiger partial charge >= 0.3 is 0 Å². The second-order valence-electron chi connectivity index (χ2n) is 4.39. The molecule has 0 spiro atoms. The number of aromatic nitrogens is 2. The molecular formula is C14H17N3OS. The number of anilines is 1. The number of hydrogen-bond donors (Lipinski definition) is 0. The van der Waals surface area contributed by atoms with Crippen LogP contribution < -0.4 is 4.90 Å². The van der Waals surface area contributed by atoms with Crippen LogP contribution in [0.3, 0.4) is 0 Å². The molecule has 0 aliphatic carbocycles. The first-order valence-electron chi connectivity index (χ1n) is 6.29. The van der Waals surface area contributed by atoms with E-state index >= 15 is 0 Å². The Kier molecular flexibility index (Phi) is 4.63. The van der Waals surface area contributed by atoms with Crippen LogP contribution in [0.4, 0.5) is 5.13 Å². The molecule has 2 aromatic heterocycles. The van der Waals surface area contributed by atoms with Gasteiger partial charge in [0.15, 0.2) is 11.4 Å².